The van der Waals surface area contributed by atoms with Gasteiger partial charge in [0.2, 0.25) is 0 Å². The molecule has 0 unspecified atom stereocenters. The van der Waals surface area contributed by atoms with Crippen molar-refractivity contribution in [2.45, 2.75) is 39.2 Å². The van der Waals surface area contributed by atoms with Crippen molar-refractivity contribution in [1.29, 1.82) is 5.26 Å². The number of hydrogen-bond donors (Lipinski definition) is 1. The molecule has 1 fully saturated rings. The first-order chi connectivity index (χ1) is 7.80. The Kier molecular flexibility index (Phi) is 4.51. The van der Waals surface area contributed by atoms with E-state index in [-0.39, 0.29) is 5.54 Å². The molecule has 1 saturated heterocycles. The van der Waals surface area contributed by atoms with Crippen LogP contribution in [0, 0.1) is 11.3 Å². The second kappa shape index (κ2) is 5.66. The van der Waals surface area contributed by atoms with Crippen LogP contribution in [0.1, 0.15) is 32.8 Å². The van der Waals surface area contributed by atoms with Gasteiger partial charge in [-0.2, -0.15) is 10.4 Å². The molecule has 0 radical (unpaired) electrons. The zero-order valence-electron chi connectivity index (χ0n) is 10.3. The molecule has 1 aliphatic heterocycles. The predicted octanol–water partition coefficient (Wildman–Crippen LogP) is 1.68. The third-order valence-corrected chi connectivity index (χ3v) is 2.85. The van der Waals surface area contributed by atoms with Gasteiger partial charge in [0, 0.05) is 19.3 Å². The van der Waals surface area contributed by atoms with Crippen LogP contribution in [0.15, 0.2) is 12.4 Å². The Morgan fingerprint density at radius 2 is 2.25 bits per heavy atom. The van der Waals surface area contributed by atoms with E-state index in [0.717, 1.165) is 19.5 Å². The molecule has 0 atom stereocenters. The van der Waals surface area contributed by atoms with Gasteiger partial charge in [-0.05, 0) is 12.0 Å². The summed E-state index contributed by atoms with van der Waals surface area (Å²) < 4.78 is 1.95. The van der Waals surface area contributed by atoms with Gasteiger partial charge in [0.1, 0.15) is 5.54 Å². The normalized spacial score (nSPS) is 16.6. The Morgan fingerprint density at radius 1 is 1.56 bits per heavy atom. The van der Waals surface area contributed by atoms with Crippen LogP contribution in [0.3, 0.4) is 0 Å². The Labute approximate surface area is 97.3 Å². The molecule has 2 rings (SSSR count). The van der Waals surface area contributed by atoms with Crippen LogP contribution >= 0.6 is 0 Å². The molecule has 1 aromatic heterocycles. The van der Waals surface area contributed by atoms with Crippen LogP contribution in [0.4, 0.5) is 0 Å². The summed E-state index contributed by atoms with van der Waals surface area (Å²) in [7, 11) is 0. The largest absolute Gasteiger partial charge is 0.312 e. The molecule has 0 spiro atoms. The molecule has 4 nitrogen and oxygen atoms in total. The summed E-state index contributed by atoms with van der Waals surface area (Å²) in [6.45, 7) is 7.81. The Bertz CT molecular complexity index is 357. The maximum atomic E-state index is 8.77. The topological polar surface area (TPSA) is 53.6 Å². The molecule has 0 aliphatic carbocycles. The standard InChI is InChI=1S/C10H14N4.C2H6/c1-2-9-5-13-14(6-9)10(3-4-11)7-12-8-10;1-2/h5-6,12H,2-3,7-8H2,1H3;1-2H3. The fraction of sp³-hybridized carbons (Fsp3) is 0.667. The van der Waals surface area contributed by atoms with E-state index in [4.69, 9.17) is 5.26 Å². The van der Waals surface area contributed by atoms with Gasteiger partial charge in [-0.1, -0.05) is 20.8 Å². The van der Waals surface area contributed by atoms with Gasteiger partial charge in [0.15, 0.2) is 0 Å². The first kappa shape index (κ1) is 12.7. The summed E-state index contributed by atoms with van der Waals surface area (Å²) in [5.41, 5.74) is 1.15. The van der Waals surface area contributed by atoms with Crippen molar-refractivity contribution in [2.75, 3.05) is 13.1 Å². The average molecular weight is 220 g/mol. The summed E-state index contributed by atoms with van der Waals surface area (Å²) in [5.74, 6) is 0. The van der Waals surface area contributed by atoms with E-state index in [0.29, 0.717) is 6.42 Å². The van der Waals surface area contributed by atoms with Gasteiger partial charge in [-0.15, -0.1) is 0 Å². The Hall–Kier alpha value is -1.34. The lowest BCUT2D eigenvalue weighted by molar-refractivity contribution is 0.160. The number of aryl methyl sites for hydroxylation is 1. The van der Waals surface area contributed by atoms with Gasteiger partial charge in [0.05, 0.1) is 18.7 Å². The highest BCUT2D eigenvalue weighted by molar-refractivity contribution is 5.10. The molecule has 0 amide bonds. The highest BCUT2D eigenvalue weighted by Gasteiger charge is 2.39. The summed E-state index contributed by atoms with van der Waals surface area (Å²) >= 11 is 0. The Morgan fingerprint density at radius 3 is 2.62 bits per heavy atom. The summed E-state index contributed by atoms with van der Waals surface area (Å²) in [6.07, 6.45) is 5.47. The first-order valence-electron chi connectivity index (χ1n) is 5.92. The number of nitrogens with zero attached hydrogens (tertiary/aromatic N) is 3. The third kappa shape index (κ3) is 2.25. The molecule has 0 saturated carbocycles. The van der Waals surface area contributed by atoms with Gasteiger partial charge in [-0.25, -0.2) is 0 Å². The van der Waals surface area contributed by atoms with Crippen LogP contribution < -0.4 is 5.32 Å². The van der Waals surface area contributed by atoms with E-state index in [2.05, 4.69) is 29.6 Å². The fourth-order valence-corrected chi connectivity index (χ4v) is 1.73. The number of hydrogen-bond acceptors (Lipinski definition) is 3. The lowest BCUT2D eigenvalue weighted by atomic mass is 9.89. The molecular weight excluding hydrogens is 200 g/mol. The second-order valence-corrected chi connectivity index (χ2v) is 3.81. The van der Waals surface area contributed by atoms with E-state index in [1.165, 1.54) is 5.56 Å². The third-order valence-electron chi connectivity index (χ3n) is 2.85. The first-order valence-corrected chi connectivity index (χ1v) is 5.92. The van der Waals surface area contributed by atoms with E-state index in [1.807, 2.05) is 24.7 Å². The zero-order chi connectivity index (χ0) is 12.0. The van der Waals surface area contributed by atoms with Gasteiger partial charge in [0.25, 0.3) is 0 Å². The fourth-order valence-electron chi connectivity index (χ4n) is 1.73. The van der Waals surface area contributed by atoms with E-state index >= 15 is 0 Å². The molecule has 2 heterocycles. The molecule has 16 heavy (non-hydrogen) atoms. The van der Waals surface area contributed by atoms with Crippen molar-refractivity contribution in [1.82, 2.24) is 15.1 Å². The van der Waals surface area contributed by atoms with Gasteiger partial charge < -0.3 is 5.32 Å². The van der Waals surface area contributed by atoms with Gasteiger partial charge in [-0.3, -0.25) is 4.68 Å². The van der Waals surface area contributed by atoms with Gasteiger partial charge >= 0.3 is 0 Å². The minimum Gasteiger partial charge on any atom is -0.312 e. The second-order valence-electron chi connectivity index (χ2n) is 3.81. The minimum atomic E-state index is -0.0812. The molecule has 88 valence electrons. The molecule has 0 bridgehead atoms. The van der Waals surface area contributed by atoms with Crippen LogP contribution in [0.25, 0.3) is 0 Å². The predicted molar refractivity (Wildman–Crippen MR) is 64.0 cm³/mol. The molecule has 1 aromatic rings. The summed E-state index contributed by atoms with van der Waals surface area (Å²) in [5, 5.41) is 16.3. The lowest BCUT2D eigenvalue weighted by Crippen LogP contribution is -2.60. The van der Waals surface area contributed by atoms with Crippen molar-refractivity contribution in [3.63, 3.8) is 0 Å². The van der Waals surface area contributed by atoms with Crippen molar-refractivity contribution in [3.05, 3.63) is 18.0 Å². The molecule has 1 aliphatic rings. The summed E-state index contributed by atoms with van der Waals surface area (Å²) in [4.78, 5) is 0. The lowest BCUT2D eigenvalue weighted by Gasteiger charge is -2.41. The van der Waals surface area contributed by atoms with Crippen LogP contribution in [0.2, 0.25) is 0 Å². The number of rotatable bonds is 3. The maximum Gasteiger partial charge on any atom is 0.100 e. The average Bonchev–Trinajstić information content (AvgIpc) is 2.75. The van der Waals surface area contributed by atoms with E-state index in [9.17, 15) is 0 Å². The molecular formula is C12H20N4. The van der Waals surface area contributed by atoms with Crippen molar-refractivity contribution in [2.24, 2.45) is 0 Å². The molecule has 0 aromatic carbocycles. The number of nitrogens with one attached hydrogen (secondary N) is 1. The summed E-state index contributed by atoms with van der Waals surface area (Å²) in [6, 6.07) is 2.24. The quantitative estimate of drug-likeness (QED) is 0.843. The van der Waals surface area contributed by atoms with Crippen molar-refractivity contribution in [3.8, 4) is 6.07 Å². The zero-order valence-corrected chi connectivity index (χ0v) is 10.3. The van der Waals surface area contributed by atoms with E-state index < -0.39 is 0 Å². The highest BCUT2D eigenvalue weighted by Crippen LogP contribution is 2.24. The number of nitriles is 1. The van der Waals surface area contributed by atoms with E-state index in [1.54, 1.807) is 0 Å². The molecule has 4 heteroatoms. The Balaban J connectivity index is 0.000000606. The number of aromatic nitrogens is 2. The molecule has 1 N–H and O–H groups in total. The SMILES string of the molecule is CC.CCc1cnn(C2(CC#N)CNC2)c1. The smallest absolute Gasteiger partial charge is 0.100 e. The van der Waals surface area contributed by atoms with Crippen LogP contribution in [0.5, 0.6) is 0 Å². The maximum absolute atomic E-state index is 8.77. The minimum absolute atomic E-state index is 0.0812. The van der Waals surface area contributed by atoms with Crippen molar-refractivity contribution >= 4 is 0 Å². The highest BCUT2D eigenvalue weighted by atomic mass is 15.4. The van der Waals surface area contributed by atoms with Crippen LogP contribution in [-0.4, -0.2) is 22.9 Å². The monoisotopic (exact) mass is 220 g/mol. The van der Waals surface area contributed by atoms with Crippen LogP contribution in [-0.2, 0) is 12.0 Å². The van der Waals surface area contributed by atoms with Crippen molar-refractivity contribution < 1.29 is 0 Å².